The number of benzene rings is 2. The lowest BCUT2D eigenvalue weighted by atomic mass is 10.2. The lowest BCUT2D eigenvalue weighted by Crippen LogP contribution is -2.17. The largest absolute Gasteiger partial charge is 0.326 e. The molecule has 0 aromatic heterocycles. The number of rotatable bonds is 6. The van der Waals surface area contributed by atoms with Crippen molar-refractivity contribution >= 4 is 46.6 Å². The van der Waals surface area contributed by atoms with E-state index in [1.165, 1.54) is 24.3 Å². The van der Waals surface area contributed by atoms with E-state index in [1.807, 2.05) is 0 Å². The lowest BCUT2D eigenvalue weighted by molar-refractivity contribution is -0.384. The number of nitrogens with one attached hydrogen (secondary N) is 2. The molecule has 0 unspecified atom stereocenters. The van der Waals surface area contributed by atoms with Crippen LogP contribution in [0, 0.1) is 16.0 Å². The zero-order valence-corrected chi connectivity index (χ0v) is 15.5. The van der Waals surface area contributed by atoms with Crippen molar-refractivity contribution in [2.45, 2.75) is 13.8 Å². The number of halogens is 1. The van der Waals surface area contributed by atoms with Crippen molar-refractivity contribution < 1.29 is 14.5 Å². The van der Waals surface area contributed by atoms with E-state index in [0.717, 1.165) is 0 Å². The molecule has 0 aliphatic rings. The molecule has 140 valence electrons. The maximum absolute atomic E-state index is 12.0. The smallest absolute Gasteiger partial charge is 0.288 e. The van der Waals surface area contributed by atoms with Crippen LogP contribution in [0.3, 0.4) is 0 Å². The highest BCUT2D eigenvalue weighted by Gasteiger charge is 2.12. The molecule has 2 aromatic rings. The Hall–Kier alpha value is -3.19. The predicted octanol–water partition coefficient (Wildman–Crippen LogP) is 4.49. The van der Waals surface area contributed by atoms with Crippen molar-refractivity contribution in [2.24, 2.45) is 5.92 Å². The third-order valence-corrected chi connectivity index (χ3v) is 3.86. The molecule has 2 amide bonds. The van der Waals surface area contributed by atoms with Crippen LogP contribution < -0.4 is 10.6 Å². The van der Waals surface area contributed by atoms with Gasteiger partial charge in [-0.3, -0.25) is 19.7 Å². The topological polar surface area (TPSA) is 101 Å². The normalized spacial score (nSPS) is 10.8. The van der Waals surface area contributed by atoms with Gasteiger partial charge in [0.15, 0.2) is 0 Å². The first-order chi connectivity index (χ1) is 12.8. The van der Waals surface area contributed by atoms with Crippen LogP contribution in [0.2, 0.25) is 5.02 Å². The summed E-state index contributed by atoms with van der Waals surface area (Å²) in [7, 11) is 0. The minimum atomic E-state index is -0.584. The second kappa shape index (κ2) is 8.95. The van der Waals surface area contributed by atoms with Gasteiger partial charge in [0.1, 0.15) is 5.02 Å². The number of hydrogen-bond donors (Lipinski definition) is 2. The highest BCUT2D eigenvalue weighted by molar-refractivity contribution is 6.32. The molecule has 8 heteroatoms. The number of nitro groups is 1. The Kier molecular flexibility index (Phi) is 6.67. The van der Waals surface area contributed by atoms with E-state index in [1.54, 1.807) is 44.2 Å². The fraction of sp³-hybridized carbons (Fsp3) is 0.158. The summed E-state index contributed by atoms with van der Waals surface area (Å²) < 4.78 is 0. The Labute approximate surface area is 161 Å². The molecule has 0 atom stereocenters. The molecule has 0 spiro atoms. The van der Waals surface area contributed by atoms with E-state index in [2.05, 4.69) is 10.6 Å². The van der Waals surface area contributed by atoms with E-state index in [0.29, 0.717) is 16.9 Å². The lowest BCUT2D eigenvalue weighted by Gasteiger charge is -2.08. The average molecular weight is 388 g/mol. The van der Waals surface area contributed by atoms with Crippen LogP contribution >= 0.6 is 11.6 Å². The number of amides is 2. The molecule has 0 radical (unpaired) electrons. The number of carbonyl (C=O) groups excluding carboxylic acids is 2. The molecule has 2 aromatic carbocycles. The van der Waals surface area contributed by atoms with Crippen molar-refractivity contribution in [3.05, 3.63) is 69.2 Å². The van der Waals surface area contributed by atoms with Gasteiger partial charge in [-0.25, -0.2) is 0 Å². The summed E-state index contributed by atoms with van der Waals surface area (Å²) in [5.74, 6) is -0.614. The molecule has 0 saturated carbocycles. The first kappa shape index (κ1) is 20.1. The molecule has 2 rings (SSSR count). The Morgan fingerprint density at radius 1 is 1.07 bits per heavy atom. The Balaban J connectivity index is 1.99. The van der Waals surface area contributed by atoms with Crippen LogP contribution in [-0.2, 0) is 9.59 Å². The maximum Gasteiger partial charge on any atom is 0.288 e. The summed E-state index contributed by atoms with van der Waals surface area (Å²) in [5, 5.41) is 16.3. The fourth-order valence-electron chi connectivity index (χ4n) is 2.05. The number of carbonyl (C=O) groups is 2. The quantitative estimate of drug-likeness (QED) is 0.433. The summed E-state index contributed by atoms with van der Waals surface area (Å²) in [6.45, 7) is 3.59. The standard InChI is InChI=1S/C19H18ClN3O4/c1-12(2)19(25)22-15-7-5-14(6-8-15)21-18(24)10-4-13-3-9-16(20)17(11-13)23(26)27/h3-12H,1-2H3,(H,21,24)(H,22,25)/b10-4+. The molecule has 7 nitrogen and oxygen atoms in total. The van der Waals surface area contributed by atoms with Crippen molar-refractivity contribution in [3.63, 3.8) is 0 Å². The molecule has 0 aliphatic carbocycles. The average Bonchev–Trinajstić information content (AvgIpc) is 2.62. The first-order valence-electron chi connectivity index (χ1n) is 8.10. The van der Waals surface area contributed by atoms with E-state index < -0.39 is 10.8 Å². The van der Waals surface area contributed by atoms with Gasteiger partial charge in [0.05, 0.1) is 4.92 Å². The molecular formula is C19H18ClN3O4. The molecule has 2 N–H and O–H groups in total. The molecule has 0 aliphatic heterocycles. The van der Waals surface area contributed by atoms with Crippen LogP contribution in [0.15, 0.2) is 48.5 Å². The minimum absolute atomic E-state index is 0.0336. The summed E-state index contributed by atoms with van der Waals surface area (Å²) >= 11 is 5.75. The maximum atomic E-state index is 12.0. The number of hydrogen-bond acceptors (Lipinski definition) is 4. The summed E-state index contributed by atoms with van der Waals surface area (Å²) in [6, 6.07) is 11.0. The van der Waals surface area contributed by atoms with E-state index in [-0.39, 0.29) is 22.5 Å². The van der Waals surface area contributed by atoms with Crippen LogP contribution in [0.1, 0.15) is 19.4 Å². The molecule has 0 saturated heterocycles. The van der Waals surface area contributed by atoms with Gasteiger partial charge in [-0.2, -0.15) is 0 Å². The first-order valence-corrected chi connectivity index (χ1v) is 8.48. The van der Waals surface area contributed by atoms with Gasteiger partial charge < -0.3 is 10.6 Å². The highest BCUT2D eigenvalue weighted by atomic mass is 35.5. The summed E-state index contributed by atoms with van der Waals surface area (Å²) in [6.07, 6.45) is 2.72. The van der Waals surface area contributed by atoms with Crippen molar-refractivity contribution in [1.29, 1.82) is 0 Å². The number of anilines is 2. The SMILES string of the molecule is CC(C)C(=O)Nc1ccc(NC(=O)/C=C/c2ccc(Cl)c([N+](=O)[O-])c2)cc1. The third-order valence-electron chi connectivity index (χ3n) is 3.54. The van der Waals surface area contributed by atoms with E-state index in [9.17, 15) is 19.7 Å². The minimum Gasteiger partial charge on any atom is -0.326 e. The van der Waals surface area contributed by atoms with E-state index in [4.69, 9.17) is 11.6 Å². The summed E-state index contributed by atoms with van der Waals surface area (Å²) in [5.41, 5.74) is 1.44. The Morgan fingerprint density at radius 3 is 2.22 bits per heavy atom. The van der Waals surface area contributed by atoms with Gasteiger partial charge in [-0.1, -0.05) is 31.5 Å². The number of nitrogens with zero attached hydrogens (tertiary/aromatic N) is 1. The predicted molar refractivity (Wildman–Crippen MR) is 106 cm³/mol. The van der Waals surface area contributed by atoms with Crippen molar-refractivity contribution in [3.8, 4) is 0 Å². The second-order valence-corrected chi connectivity index (χ2v) is 6.42. The number of nitro benzene ring substituents is 1. The fourth-order valence-corrected chi connectivity index (χ4v) is 2.24. The van der Waals surface area contributed by atoms with Gasteiger partial charge >= 0.3 is 0 Å². The van der Waals surface area contributed by atoms with Crippen LogP contribution in [0.5, 0.6) is 0 Å². The van der Waals surface area contributed by atoms with Crippen LogP contribution in [-0.4, -0.2) is 16.7 Å². The zero-order valence-electron chi connectivity index (χ0n) is 14.7. The molecule has 0 bridgehead atoms. The highest BCUT2D eigenvalue weighted by Crippen LogP contribution is 2.25. The molecule has 27 heavy (non-hydrogen) atoms. The third kappa shape index (κ3) is 5.93. The van der Waals surface area contributed by atoms with Gasteiger partial charge in [0.2, 0.25) is 11.8 Å². The monoisotopic (exact) mass is 387 g/mol. The summed E-state index contributed by atoms with van der Waals surface area (Å²) in [4.78, 5) is 33.9. The van der Waals surface area contributed by atoms with Gasteiger partial charge in [-0.15, -0.1) is 0 Å². The zero-order chi connectivity index (χ0) is 20.0. The Morgan fingerprint density at radius 2 is 1.67 bits per heavy atom. The van der Waals surface area contributed by atoms with Gasteiger partial charge in [0.25, 0.3) is 5.69 Å². The van der Waals surface area contributed by atoms with Gasteiger partial charge in [0, 0.05) is 29.4 Å². The Bertz CT molecular complexity index is 892. The van der Waals surface area contributed by atoms with Crippen LogP contribution in [0.4, 0.5) is 17.1 Å². The van der Waals surface area contributed by atoms with E-state index >= 15 is 0 Å². The van der Waals surface area contributed by atoms with Crippen LogP contribution in [0.25, 0.3) is 6.08 Å². The van der Waals surface area contributed by atoms with Crippen molar-refractivity contribution in [2.75, 3.05) is 10.6 Å². The molecule has 0 fully saturated rings. The second-order valence-electron chi connectivity index (χ2n) is 6.01. The van der Waals surface area contributed by atoms with Gasteiger partial charge in [-0.05, 0) is 42.0 Å². The molecular weight excluding hydrogens is 370 g/mol. The molecule has 0 heterocycles. The van der Waals surface area contributed by atoms with Crippen molar-refractivity contribution in [1.82, 2.24) is 0 Å².